The lowest BCUT2D eigenvalue weighted by molar-refractivity contribution is -0.385. The second-order valence-corrected chi connectivity index (χ2v) is 6.46. The van der Waals surface area contributed by atoms with Crippen LogP contribution in [0.3, 0.4) is 0 Å². The number of hydrogen-bond acceptors (Lipinski definition) is 6. The molecule has 0 radical (unpaired) electrons. The second-order valence-electron chi connectivity index (χ2n) is 4.78. The maximum atomic E-state index is 12.3. The van der Waals surface area contributed by atoms with Gasteiger partial charge in [-0.1, -0.05) is 6.07 Å². The summed E-state index contributed by atoms with van der Waals surface area (Å²) in [7, 11) is -3.94. The van der Waals surface area contributed by atoms with Crippen molar-refractivity contribution in [3.63, 3.8) is 0 Å². The number of nitrogens with one attached hydrogen (secondary N) is 1. The number of rotatable bonds is 4. The molecule has 0 bridgehead atoms. The minimum absolute atomic E-state index is 0.192. The van der Waals surface area contributed by atoms with E-state index in [4.69, 9.17) is 4.42 Å². The van der Waals surface area contributed by atoms with Crippen LogP contribution in [0.2, 0.25) is 0 Å². The summed E-state index contributed by atoms with van der Waals surface area (Å²) in [4.78, 5) is 14.0. The van der Waals surface area contributed by atoms with Crippen molar-refractivity contribution in [3.05, 3.63) is 58.5 Å². The lowest BCUT2D eigenvalue weighted by atomic mass is 10.3. The Morgan fingerprint density at radius 1 is 1.22 bits per heavy atom. The first kappa shape index (κ1) is 15.0. The Labute approximate surface area is 131 Å². The minimum atomic E-state index is -3.94. The maximum absolute atomic E-state index is 12.3. The predicted octanol–water partition coefficient (Wildman–Crippen LogP) is 2.85. The highest BCUT2D eigenvalue weighted by atomic mass is 32.2. The number of sulfonamides is 1. The highest BCUT2D eigenvalue weighted by Gasteiger charge is 2.18. The van der Waals surface area contributed by atoms with Crippen LogP contribution in [0.25, 0.3) is 11.1 Å². The van der Waals surface area contributed by atoms with Crippen LogP contribution in [0, 0.1) is 17.0 Å². The van der Waals surface area contributed by atoms with E-state index < -0.39 is 14.9 Å². The summed E-state index contributed by atoms with van der Waals surface area (Å²) in [6.45, 7) is 1.69. The lowest BCUT2D eigenvalue weighted by Gasteiger charge is -2.07. The van der Waals surface area contributed by atoms with Gasteiger partial charge < -0.3 is 4.42 Å². The summed E-state index contributed by atoms with van der Waals surface area (Å²) in [5.41, 5.74) is 1.05. The van der Waals surface area contributed by atoms with Crippen LogP contribution in [0.15, 0.2) is 51.8 Å². The van der Waals surface area contributed by atoms with Gasteiger partial charge in [0, 0.05) is 19.1 Å². The third-order valence-electron chi connectivity index (χ3n) is 3.09. The molecule has 0 amide bonds. The molecule has 0 atom stereocenters. The Balaban J connectivity index is 1.95. The van der Waals surface area contributed by atoms with E-state index >= 15 is 0 Å². The Morgan fingerprint density at radius 3 is 2.74 bits per heavy atom. The van der Waals surface area contributed by atoms with Gasteiger partial charge in [0.1, 0.15) is 5.52 Å². The van der Waals surface area contributed by atoms with Crippen LogP contribution in [-0.2, 0) is 10.0 Å². The van der Waals surface area contributed by atoms with E-state index in [1.807, 2.05) is 0 Å². The van der Waals surface area contributed by atoms with Gasteiger partial charge in [-0.3, -0.25) is 14.8 Å². The van der Waals surface area contributed by atoms with E-state index in [0.717, 1.165) is 6.07 Å². The van der Waals surface area contributed by atoms with Crippen molar-refractivity contribution in [2.75, 3.05) is 4.72 Å². The molecular weight excluding hydrogens is 322 g/mol. The van der Waals surface area contributed by atoms with Crippen molar-refractivity contribution >= 4 is 32.5 Å². The van der Waals surface area contributed by atoms with Crippen molar-refractivity contribution < 1.29 is 17.8 Å². The number of benzene rings is 2. The summed E-state index contributed by atoms with van der Waals surface area (Å²) in [6, 6.07) is 9.48. The Hall–Kier alpha value is -2.94. The SMILES string of the molecule is Cc1nc2cc(NS(=O)(=O)c3cccc([N+](=O)[O-])c3)ccc2o1. The number of non-ortho nitro benzene ring substituents is 1. The number of aromatic nitrogens is 1. The second kappa shape index (κ2) is 5.36. The summed E-state index contributed by atoms with van der Waals surface area (Å²) in [6.07, 6.45) is 0. The quantitative estimate of drug-likeness (QED) is 0.580. The first-order valence-electron chi connectivity index (χ1n) is 6.50. The third kappa shape index (κ3) is 2.99. The molecule has 0 saturated heterocycles. The van der Waals surface area contributed by atoms with Crippen molar-refractivity contribution in [2.45, 2.75) is 11.8 Å². The molecule has 3 aromatic rings. The smallest absolute Gasteiger partial charge is 0.270 e. The van der Waals surface area contributed by atoms with Crippen LogP contribution >= 0.6 is 0 Å². The zero-order chi connectivity index (χ0) is 16.6. The van der Waals surface area contributed by atoms with Crippen molar-refractivity contribution in [1.82, 2.24) is 4.98 Å². The number of nitro groups is 1. The Kier molecular flexibility index (Phi) is 3.49. The van der Waals surface area contributed by atoms with Crippen LogP contribution in [0.1, 0.15) is 5.89 Å². The molecule has 8 nitrogen and oxygen atoms in total. The van der Waals surface area contributed by atoms with Crippen molar-refractivity contribution in [3.8, 4) is 0 Å². The topological polar surface area (TPSA) is 115 Å². The fourth-order valence-electron chi connectivity index (χ4n) is 2.08. The molecule has 0 aliphatic heterocycles. The molecule has 23 heavy (non-hydrogen) atoms. The van der Waals surface area contributed by atoms with Gasteiger partial charge in [-0.2, -0.15) is 0 Å². The summed E-state index contributed by atoms with van der Waals surface area (Å²) >= 11 is 0. The maximum Gasteiger partial charge on any atom is 0.270 e. The van der Waals surface area contributed by atoms with E-state index in [-0.39, 0.29) is 16.3 Å². The minimum Gasteiger partial charge on any atom is -0.441 e. The fourth-order valence-corrected chi connectivity index (χ4v) is 3.17. The number of nitro benzene ring substituents is 1. The van der Waals surface area contributed by atoms with Gasteiger partial charge in [-0.25, -0.2) is 13.4 Å². The van der Waals surface area contributed by atoms with E-state index in [1.54, 1.807) is 13.0 Å². The molecule has 0 aliphatic carbocycles. The molecule has 1 N–H and O–H groups in total. The molecule has 3 rings (SSSR count). The molecule has 0 saturated carbocycles. The van der Waals surface area contributed by atoms with E-state index in [1.165, 1.54) is 30.3 Å². The Morgan fingerprint density at radius 2 is 2.00 bits per heavy atom. The lowest BCUT2D eigenvalue weighted by Crippen LogP contribution is -2.13. The summed E-state index contributed by atoms with van der Waals surface area (Å²) in [5, 5.41) is 10.8. The monoisotopic (exact) mass is 333 g/mol. The van der Waals surface area contributed by atoms with Crippen LogP contribution in [-0.4, -0.2) is 18.3 Å². The first-order valence-corrected chi connectivity index (χ1v) is 7.98. The number of nitrogens with zero attached hydrogens (tertiary/aromatic N) is 2. The van der Waals surface area contributed by atoms with Gasteiger partial charge in [0.25, 0.3) is 15.7 Å². The van der Waals surface area contributed by atoms with Gasteiger partial charge in [-0.15, -0.1) is 0 Å². The van der Waals surface area contributed by atoms with Crippen molar-refractivity contribution in [2.24, 2.45) is 0 Å². The number of hydrogen-bond donors (Lipinski definition) is 1. The standard InChI is InChI=1S/C14H11N3O5S/c1-9-15-13-7-10(5-6-14(13)22-9)16-23(20,21)12-4-2-3-11(8-12)17(18)19/h2-8,16H,1H3. The van der Waals surface area contributed by atoms with Crippen LogP contribution in [0.4, 0.5) is 11.4 Å². The molecule has 0 unspecified atom stereocenters. The predicted molar refractivity (Wildman–Crippen MR) is 82.7 cm³/mol. The summed E-state index contributed by atoms with van der Waals surface area (Å²) in [5.74, 6) is 0.471. The van der Waals surface area contributed by atoms with E-state index in [9.17, 15) is 18.5 Å². The number of aryl methyl sites for hydroxylation is 1. The zero-order valence-corrected chi connectivity index (χ0v) is 12.7. The molecule has 0 spiro atoms. The zero-order valence-electron chi connectivity index (χ0n) is 11.9. The number of oxazole rings is 1. The summed E-state index contributed by atoms with van der Waals surface area (Å²) < 4.78 is 32.4. The normalized spacial score (nSPS) is 11.5. The average Bonchev–Trinajstić information content (AvgIpc) is 2.86. The van der Waals surface area contributed by atoms with Crippen molar-refractivity contribution in [1.29, 1.82) is 0 Å². The van der Waals surface area contributed by atoms with Gasteiger partial charge >= 0.3 is 0 Å². The molecule has 0 fully saturated rings. The third-order valence-corrected chi connectivity index (χ3v) is 4.46. The Bertz CT molecular complexity index is 1010. The average molecular weight is 333 g/mol. The van der Waals surface area contributed by atoms with Gasteiger partial charge in [0.05, 0.1) is 15.5 Å². The van der Waals surface area contributed by atoms with Gasteiger partial charge in [0.2, 0.25) is 0 Å². The molecular formula is C14H11N3O5S. The van der Waals surface area contributed by atoms with Crippen LogP contribution < -0.4 is 4.72 Å². The highest BCUT2D eigenvalue weighted by molar-refractivity contribution is 7.92. The van der Waals surface area contributed by atoms with Gasteiger partial charge in [0.15, 0.2) is 11.5 Å². The number of anilines is 1. The largest absolute Gasteiger partial charge is 0.441 e. The fraction of sp³-hybridized carbons (Fsp3) is 0.0714. The molecule has 1 aromatic heterocycles. The molecule has 1 heterocycles. The van der Waals surface area contributed by atoms with Gasteiger partial charge in [-0.05, 0) is 24.3 Å². The first-order chi connectivity index (χ1) is 10.8. The van der Waals surface area contributed by atoms with Crippen LogP contribution in [0.5, 0.6) is 0 Å². The molecule has 2 aromatic carbocycles. The molecule has 0 aliphatic rings. The molecule has 118 valence electrons. The highest BCUT2D eigenvalue weighted by Crippen LogP contribution is 2.23. The molecule has 9 heteroatoms. The number of fused-ring (bicyclic) bond motifs is 1. The van der Waals surface area contributed by atoms with E-state index in [0.29, 0.717) is 17.0 Å². The van der Waals surface area contributed by atoms with E-state index in [2.05, 4.69) is 9.71 Å².